The number of hydrogen-bond donors (Lipinski definition) is 1. The van der Waals surface area contributed by atoms with Crippen molar-refractivity contribution in [1.82, 2.24) is 14.8 Å². The molecule has 1 aromatic carbocycles. The molecule has 2 N–H and O–H groups in total. The Morgan fingerprint density at radius 3 is 2.67 bits per heavy atom. The maximum Gasteiger partial charge on any atom is 0.213 e. The van der Waals surface area contributed by atoms with Gasteiger partial charge in [-0.2, -0.15) is 5.10 Å². The predicted octanol–water partition coefficient (Wildman–Crippen LogP) is 3.00. The summed E-state index contributed by atoms with van der Waals surface area (Å²) >= 11 is 0. The van der Waals surface area contributed by atoms with Crippen LogP contribution in [0.25, 0.3) is 22.2 Å². The van der Waals surface area contributed by atoms with Crippen molar-refractivity contribution in [1.29, 1.82) is 0 Å². The molecule has 0 fully saturated rings. The van der Waals surface area contributed by atoms with Gasteiger partial charge in [0, 0.05) is 35.9 Å². The standard InChI is InChI=1S/C16H18N4O/c1-10(2)21-15-7-4-11(9-18-15)16-13-8-12(17)5-6-14(13)20(3)19-16/h4-10H,17H2,1-3H3. The van der Waals surface area contributed by atoms with Crippen LogP contribution in [0.4, 0.5) is 5.69 Å². The molecular weight excluding hydrogens is 264 g/mol. The highest BCUT2D eigenvalue weighted by Gasteiger charge is 2.11. The topological polar surface area (TPSA) is 66.0 Å². The monoisotopic (exact) mass is 282 g/mol. The van der Waals surface area contributed by atoms with E-state index in [9.17, 15) is 0 Å². The molecule has 0 aliphatic carbocycles. The first kappa shape index (κ1) is 13.4. The van der Waals surface area contributed by atoms with E-state index in [2.05, 4.69) is 10.1 Å². The van der Waals surface area contributed by atoms with Crippen LogP contribution < -0.4 is 10.5 Å². The minimum Gasteiger partial charge on any atom is -0.475 e. The third-order valence-electron chi connectivity index (χ3n) is 3.24. The number of anilines is 1. The van der Waals surface area contributed by atoms with Gasteiger partial charge in [-0.05, 0) is 38.1 Å². The van der Waals surface area contributed by atoms with Gasteiger partial charge in [0.2, 0.25) is 5.88 Å². The molecule has 0 radical (unpaired) electrons. The fraction of sp³-hybridized carbons (Fsp3) is 0.250. The Kier molecular flexibility index (Phi) is 3.25. The second-order valence-corrected chi connectivity index (χ2v) is 5.30. The van der Waals surface area contributed by atoms with Crippen LogP contribution in [0.15, 0.2) is 36.5 Å². The largest absolute Gasteiger partial charge is 0.475 e. The summed E-state index contributed by atoms with van der Waals surface area (Å²) in [6.07, 6.45) is 1.89. The highest BCUT2D eigenvalue weighted by molar-refractivity contribution is 5.95. The van der Waals surface area contributed by atoms with Crippen LogP contribution in [0, 0.1) is 0 Å². The summed E-state index contributed by atoms with van der Waals surface area (Å²) in [5.74, 6) is 0.619. The molecule has 2 heterocycles. The lowest BCUT2D eigenvalue weighted by Crippen LogP contribution is -2.06. The first-order valence-corrected chi connectivity index (χ1v) is 6.90. The normalized spacial score (nSPS) is 11.2. The van der Waals surface area contributed by atoms with Crippen LogP contribution in [0.2, 0.25) is 0 Å². The van der Waals surface area contributed by atoms with E-state index in [-0.39, 0.29) is 6.10 Å². The Bertz CT molecular complexity index is 775. The number of pyridine rings is 1. The maximum absolute atomic E-state index is 5.89. The lowest BCUT2D eigenvalue weighted by atomic mass is 10.1. The molecule has 0 saturated heterocycles. The van der Waals surface area contributed by atoms with E-state index in [1.54, 1.807) is 6.20 Å². The van der Waals surface area contributed by atoms with Crippen LogP contribution in [-0.2, 0) is 7.05 Å². The predicted molar refractivity (Wildman–Crippen MR) is 84.1 cm³/mol. The fourth-order valence-electron chi connectivity index (χ4n) is 2.33. The second-order valence-electron chi connectivity index (χ2n) is 5.30. The van der Waals surface area contributed by atoms with Crippen LogP contribution in [0.1, 0.15) is 13.8 Å². The molecule has 3 aromatic rings. The molecule has 2 aromatic heterocycles. The number of hydrogen-bond acceptors (Lipinski definition) is 4. The van der Waals surface area contributed by atoms with Crippen molar-refractivity contribution in [3.8, 4) is 17.1 Å². The molecule has 0 atom stereocenters. The molecule has 0 amide bonds. The second kappa shape index (κ2) is 5.09. The van der Waals surface area contributed by atoms with Gasteiger partial charge < -0.3 is 10.5 Å². The van der Waals surface area contributed by atoms with Gasteiger partial charge in [0.1, 0.15) is 5.69 Å². The van der Waals surface area contributed by atoms with Crippen molar-refractivity contribution in [2.24, 2.45) is 7.05 Å². The molecule has 0 saturated carbocycles. The van der Waals surface area contributed by atoms with E-state index >= 15 is 0 Å². The Balaban J connectivity index is 2.06. The Hall–Kier alpha value is -2.56. The third-order valence-corrected chi connectivity index (χ3v) is 3.24. The van der Waals surface area contributed by atoms with Crippen molar-refractivity contribution in [2.45, 2.75) is 20.0 Å². The lowest BCUT2D eigenvalue weighted by Gasteiger charge is -2.08. The zero-order chi connectivity index (χ0) is 15.0. The summed E-state index contributed by atoms with van der Waals surface area (Å²) < 4.78 is 7.41. The first-order valence-electron chi connectivity index (χ1n) is 6.90. The molecule has 0 spiro atoms. The zero-order valence-corrected chi connectivity index (χ0v) is 12.4. The number of nitrogens with zero attached hydrogens (tertiary/aromatic N) is 3. The van der Waals surface area contributed by atoms with E-state index in [0.29, 0.717) is 5.88 Å². The quantitative estimate of drug-likeness (QED) is 0.750. The van der Waals surface area contributed by atoms with Gasteiger partial charge in [-0.25, -0.2) is 4.98 Å². The molecule has 108 valence electrons. The Labute approximate surface area is 123 Å². The van der Waals surface area contributed by atoms with Gasteiger partial charge in [0.05, 0.1) is 11.6 Å². The number of nitrogens with two attached hydrogens (primary N) is 1. The summed E-state index contributed by atoms with van der Waals surface area (Å²) in [7, 11) is 1.92. The molecule has 0 aliphatic rings. The highest BCUT2D eigenvalue weighted by Crippen LogP contribution is 2.29. The molecule has 3 rings (SSSR count). The van der Waals surface area contributed by atoms with Gasteiger partial charge in [0.15, 0.2) is 0 Å². The van der Waals surface area contributed by atoms with Crippen LogP contribution in [0.3, 0.4) is 0 Å². The average Bonchev–Trinajstić information content (AvgIpc) is 2.76. The van der Waals surface area contributed by atoms with Crippen LogP contribution in [0.5, 0.6) is 5.88 Å². The minimum absolute atomic E-state index is 0.110. The van der Waals surface area contributed by atoms with Gasteiger partial charge in [-0.1, -0.05) is 0 Å². The number of rotatable bonds is 3. The first-order chi connectivity index (χ1) is 10.0. The number of ether oxygens (including phenoxy) is 1. The summed E-state index contributed by atoms with van der Waals surface area (Å²) in [5.41, 5.74) is 9.48. The number of benzene rings is 1. The van der Waals surface area contributed by atoms with Crippen molar-refractivity contribution in [3.05, 3.63) is 36.5 Å². The molecule has 5 heteroatoms. The van der Waals surface area contributed by atoms with Gasteiger partial charge in [-0.3, -0.25) is 4.68 Å². The van der Waals surface area contributed by atoms with Gasteiger partial charge in [0.25, 0.3) is 0 Å². The SMILES string of the molecule is CC(C)Oc1ccc(-c2nn(C)c3ccc(N)cc23)cn1. The summed E-state index contributed by atoms with van der Waals surface area (Å²) in [4.78, 5) is 4.33. The van der Waals surface area contributed by atoms with Crippen molar-refractivity contribution < 1.29 is 4.74 Å². The Morgan fingerprint density at radius 2 is 2.00 bits per heavy atom. The smallest absolute Gasteiger partial charge is 0.213 e. The number of aryl methyl sites for hydroxylation is 1. The van der Waals surface area contributed by atoms with Crippen molar-refractivity contribution in [2.75, 3.05) is 5.73 Å². The molecule has 0 aliphatic heterocycles. The van der Waals surface area contributed by atoms with E-state index < -0.39 is 0 Å². The third kappa shape index (κ3) is 2.54. The Morgan fingerprint density at radius 1 is 1.19 bits per heavy atom. The molecule has 0 unspecified atom stereocenters. The van der Waals surface area contributed by atoms with Crippen LogP contribution >= 0.6 is 0 Å². The fourth-order valence-corrected chi connectivity index (χ4v) is 2.33. The highest BCUT2D eigenvalue weighted by atomic mass is 16.5. The number of nitrogen functional groups attached to an aromatic ring is 1. The van der Waals surface area contributed by atoms with E-state index in [4.69, 9.17) is 10.5 Å². The van der Waals surface area contributed by atoms with Crippen molar-refractivity contribution >= 4 is 16.6 Å². The zero-order valence-electron chi connectivity index (χ0n) is 12.4. The lowest BCUT2D eigenvalue weighted by molar-refractivity contribution is 0.232. The van der Waals surface area contributed by atoms with E-state index in [1.165, 1.54) is 0 Å². The minimum atomic E-state index is 0.110. The molecule has 21 heavy (non-hydrogen) atoms. The summed E-state index contributed by atoms with van der Waals surface area (Å²) in [6, 6.07) is 9.63. The van der Waals surface area contributed by atoms with Gasteiger partial charge >= 0.3 is 0 Å². The average molecular weight is 282 g/mol. The van der Waals surface area contributed by atoms with E-state index in [1.807, 2.05) is 55.9 Å². The summed E-state index contributed by atoms with van der Waals surface area (Å²) in [5, 5.41) is 5.60. The summed E-state index contributed by atoms with van der Waals surface area (Å²) in [6.45, 7) is 3.95. The molecular formula is C16H18N4O. The van der Waals surface area contributed by atoms with Crippen molar-refractivity contribution in [3.63, 3.8) is 0 Å². The number of aromatic nitrogens is 3. The van der Waals surface area contributed by atoms with Crippen LogP contribution in [-0.4, -0.2) is 20.9 Å². The van der Waals surface area contributed by atoms with Gasteiger partial charge in [-0.15, -0.1) is 0 Å². The van der Waals surface area contributed by atoms with E-state index in [0.717, 1.165) is 27.8 Å². The molecule has 0 bridgehead atoms. The molecule has 5 nitrogen and oxygen atoms in total. The maximum atomic E-state index is 5.89. The number of fused-ring (bicyclic) bond motifs is 1.